The maximum atomic E-state index is 11.9. The second kappa shape index (κ2) is 5.62. The minimum absolute atomic E-state index is 0.125. The van der Waals surface area contributed by atoms with Crippen molar-refractivity contribution in [2.24, 2.45) is 0 Å². The molecule has 100 valence electrons. The molecule has 2 aliphatic heterocycles. The molecular formula is C10H22N4O2S. The predicted octanol–water partition coefficient (Wildman–Crippen LogP) is -1.18. The fourth-order valence-electron chi connectivity index (χ4n) is 2.30. The van der Waals surface area contributed by atoms with Crippen molar-refractivity contribution >= 4 is 10.0 Å². The van der Waals surface area contributed by atoms with Gasteiger partial charge in [-0.1, -0.05) is 0 Å². The number of nitrogens with zero attached hydrogens (tertiary/aromatic N) is 2. The van der Waals surface area contributed by atoms with Crippen molar-refractivity contribution in [1.82, 2.24) is 20.1 Å². The molecular weight excluding hydrogens is 240 g/mol. The fourth-order valence-corrected chi connectivity index (χ4v) is 3.76. The van der Waals surface area contributed by atoms with Crippen LogP contribution in [0, 0.1) is 0 Å². The molecule has 7 heteroatoms. The summed E-state index contributed by atoms with van der Waals surface area (Å²) < 4.78 is 23.9. The molecule has 6 nitrogen and oxygen atoms in total. The van der Waals surface area contributed by atoms with E-state index in [2.05, 4.69) is 15.0 Å². The van der Waals surface area contributed by atoms with Crippen LogP contribution in [0.15, 0.2) is 0 Å². The fraction of sp³-hybridized carbons (Fsp3) is 1.00. The Morgan fingerprint density at radius 1 is 1.29 bits per heavy atom. The van der Waals surface area contributed by atoms with Crippen molar-refractivity contribution < 1.29 is 8.42 Å². The Kier molecular flexibility index (Phi) is 4.37. The van der Waals surface area contributed by atoms with Gasteiger partial charge >= 0.3 is 0 Å². The van der Waals surface area contributed by atoms with Crippen LogP contribution in [-0.2, 0) is 10.0 Å². The first-order chi connectivity index (χ1) is 8.05. The zero-order valence-electron chi connectivity index (χ0n) is 10.4. The number of likely N-dealkylation sites (N-methyl/N-ethyl adjacent to an activating group) is 1. The number of sulfonamides is 1. The van der Waals surface area contributed by atoms with Gasteiger partial charge in [-0.25, -0.2) is 13.4 Å². The van der Waals surface area contributed by atoms with Crippen molar-refractivity contribution in [1.29, 1.82) is 0 Å². The Bertz CT molecular complexity index is 332. The zero-order chi connectivity index (χ0) is 12.3. The van der Waals surface area contributed by atoms with E-state index in [9.17, 15) is 8.42 Å². The second-order valence-electron chi connectivity index (χ2n) is 4.96. The molecule has 0 radical (unpaired) electrons. The van der Waals surface area contributed by atoms with E-state index in [-0.39, 0.29) is 11.8 Å². The standard InChI is InChI=1S/C10H22N4O2S/c1-13-5-7-14(8-6-13)12-17(15,16)9-10-3-2-4-11-10/h10-12H,2-9H2,1H3. The maximum Gasteiger partial charge on any atom is 0.226 e. The molecule has 0 aliphatic carbocycles. The average Bonchev–Trinajstić information content (AvgIpc) is 2.73. The molecule has 1 atom stereocenters. The highest BCUT2D eigenvalue weighted by Crippen LogP contribution is 2.07. The van der Waals surface area contributed by atoms with Crippen molar-refractivity contribution in [3.8, 4) is 0 Å². The Morgan fingerprint density at radius 3 is 2.59 bits per heavy atom. The normalized spacial score (nSPS) is 28.6. The summed E-state index contributed by atoms with van der Waals surface area (Å²) in [6, 6.07) is 0.125. The molecule has 0 aromatic rings. The molecule has 0 aromatic carbocycles. The summed E-state index contributed by atoms with van der Waals surface area (Å²) in [6.07, 6.45) is 2.04. The van der Waals surface area contributed by atoms with Crippen LogP contribution in [0.5, 0.6) is 0 Å². The van der Waals surface area contributed by atoms with Crippen LogP contribution < -0.4 is 10.1 Å². The van der Waals surface area contributed by atoms with Crippen LogP contribution in [0.3, 0.4) is 0 Å². The lowest BCUT2D eigenvalue weighted by atomic mass is 10.3. The highest BCUT2D eigenvalue weighted by Gasteiger charge is 2.24. The van der Waals surface area contributed by atoms with Crippen LogP contribution in [0.25, 0.3) is 0 Å². The number of nitrogens with one attached hydrogen (secondary N) is 2. The number of piperazine rings is 1. The molecule has 17 heavy (non-hydrogen) atoms. The molecule has 2 aliphatic rings. The first-order valence-corrected chi connectivity index (χ1v) is 7.87. The molecule has 2 rings (SSSR count). The predicted molar refractivity (Wildman–Crippen MR) is 67.0 cm³/mol. The van der Waals surface area contributed by atoms with Crippen molar-refractivity contribution in [2.45, 2.75) is 18.9 Å². The Morgan fingerprint density at radius 2 is 2.00 bits per heavy atom. The summed E-state index contributed by atoms with van der Waals surface area (Å²) >= 11 is 0. The number of hydrogen-bond acceptors (Lipinski definition) is 5. The number of hydrazine groups is 1. The molecule has 2 N–H and O–H groups in total. The lowest BCUT2D eigenvalue weighted by Crippen LogP contribution is -2.53. The quantitative estimate of drug-likeness (QED) is 0.668. The van der Waals surface area contributed by atoms with Gasteiger partial charge in [-0.2, -0.15) is 0 Å². The highest BCUT2D eigenvalue weighted by molar-refractivity contribution is 7.89. The Balaban J connectivity index is 1.80. The van der Waals surface area contributed by atoms with Gasteiger partial charge in [-0.15, -0.1) is 4.83 Å². The third-order valence-corrected chi connectivity index (χ3v) is 4.73. The molecule has 2 heterocycles. The SMILES string of the molecule is CN1CCN(NS(=O)(=O)CC2CCCN2)CC1. The van der Waals surface area contributed by atoms with E-state index in [4.69, 9.17) is 0 Å². The van der Waals surface area contributed by atoms with Gasteiger partial charge in [-0.05, 0) is 26.4 Å². The highest BCUT2D eigenvalue weighted by atomic mass is 32.2. The van der Waals surface area contributed by atoms with E-state index in [1.807, 2.05) is 12.1 Å². The minimum atomic E-state index is -3.19. The van der Waals surface area contributed by atoms with Gasteiger partial charge in [0.15, 0.2) is 0 Å². The first-order valence-electron chi connectivity index (χ1n) is 6.22. The van der Waals surface area contributed by atoms with Gasteiger partial charge in [0.25, 0.3) is 0 Å². The summed E-state index contributed by atoms with van der Waals surface area (Å²) in [5, 5.41) is 5.02. The molecule has 0 aromatic heterocycles. The lowest BCUT2D eigenvalue weighted by Gasteiger charge is -2.32. The Labute approximate surface area is 103 Å². The van der Waals surface area contributed by atoms with Gasteiger partial charge in [0.05, 0.1) is 5.75 Å². The van der Waals surface area contributed by atoms with Gasteiger partial charge in [0.2, 0.25) is 10.0 Å². The van der Waals surface area contributed by atoms with Crippen LogP contribution in [0.4, 0.5) is 0 Å². The van der Waals surface area contributed by atoms with Crippen molar-refractivity contribution in [2.75, 3.05) is 45.5 Å². The number of rotatable bonds is 4. The van der Waals surface area contributed by atoms with Crippen molar-refractivity contribution in [3.63, 3.8) is 0 Å². The largest absolute Gasteiger partial charge is 0.313 e. The molecule has 2 saturated heterocycles. The van der Waals surface area contributed by atoms with E-state index < -0.39 is 10.0 Å². The Hall–Kier alpha value is -0.210. The molecule has 0 bridgehead atoms. The van der Waals surface area contributed by atoms with Crippen LogP contribution in [0.2, 0.25) is 0 Å². The van der Waals surface area contributed by atoms with E-state index >= 15 is 0 Å². The van der Waals surface area contributed by atoms with Crippen molar-refractivity contribution in [3.05, 3.63) is 0 Å². The van der Waals surface area contributed by atoms with Crippen LogP contribution >= 0.6 is 0 Å². The monoisotopic (exact) mass is 262 g/mol. The molecule has 2 fully saturated rings. The van der Waals surface area contributed by atoms with Gasteiger partial charge in [0.1, 0.15) is 0 Å². The minimum Gasteiger partial charge on any atom is -0.313 e. The molecule has 0 saturated carbocycles. The first kappa shape index (κ1) is 13.2. The van der Waals surface area contributed by atoms with Gasteiger partial charge < -0.3 is 10.2 Å². The van der Waals surface area contributed by atoms with Gasteiger partial charge in [-0.3, -0.25) is 0 Å². The summed E-state index contributed by atoms with van der Waals surface area (Å²) in [4.78, 5) is 4.88. The summed E-state index contributed by atoms with van der Waals surface area (Å²) in [7, 11) is -1.14. The van der Waals surface area contributed by atoms with E-state index in [1.54, 1.807) is 0 Å². The summed E-state index contributed by atoms with van der Waals surface area (Å²) in [5.74, 6) is 0.194. The summed E-state index contributed by atoms with van der Waals surface area (Å²) in [5.41, 5.74) is 0. The topological polar surface area (TPSA) is 64.7 Å². The van der Waals surface area contributed by atoms with Crippen LogP contribution in [0.1, 0.15) is 12.8 Å². The molecule has 0 amide bonds. The average molecular weight is 262 g/mol. The van der Waals surface area contributed by atoms with Crippen LogP contribution in [-0.4, -0.2) is 69.9 Å². The second-order valence-corrected chi connectivity index (χ2v) is 6.70. The lowest BCUT2D eigenvalue weighted by molar-refractivity contribution is 0.134. The third kappa shape index (κ3) is 4.18. The van der Waals surface area contributed by atoms with E-state index in [0.717, 1.165) is 45.6 Å². The third-order valence-electron chi connectivity index (χ3n) is 3.35. The van der Waals surface area contributed by atoms with Gasteiger partial charge in [0, 0.05) is 32.2 Å². The number of hydrogen-bond donors (Lipinski definition) is 2. The van der Waals surface area contributed by atoms with E-state index in [1.165, 1.54) is 0 Å². The maximum absolute atomic E-state index is 11.9. The molecule has 1 unspecified atom stereocenters. The summed E-state index contributed by atoms with van der Waals surface area (Å²) in [6.45, 7) is 4.27. The smallest absolute Gasteiger partial charge is 0.226 e. The van der Waals surface area contributed by atoms with E-state index in [0.29, 0.717) is 0 Å². The molecule has 0 spiro atoms. The zero-order valence-corrected chi connectivity index (χ0v) is 11.2.